The summed E-state index contributed by atoms with van der Waals surface area (Å²) in [7, 11) is 0. The fourth-order valence-corrected chi connectivity index (χ4v) is 2.46. The van der Waals surface area contributed by atoms with Crippen LogP contribution in [-0.2, 0) is 0 Å². The number of hydrogen-bond acceptors (Lipinski definition) is 4. The molecule has 2 rings (SSSR count). The van der Waals surface area contributed by atoms with E-state index in [1.807, 2.05) is 4.90 Å². The lowest BCUT2D eigenvalue weighted by atomic mass is 9.98. The van der Waals surface area contributed by atoms with Crippen LogP contribution in [0.2, 0.25) is 5.02 Å². The third kappa shape index (κ3) is 2.42. The van der Waals surface area contributed by atoms with Crippen molar-refractivity contribution in [3.05, 3.63) is 33.3 Å². The Morgan fingerprint density at radius 1 is 1.50 bits per heavy atom. The SMILES string of the molecule is CC1(C)CNCCN1c1cc(Cl)ccc1[N+](=O)[O-]. The van der Waals surface area contributed by atoms with Gasteiger partial charge >= 0.3 is 0 Å². The largest absolute Gasteiger partial charge is 0.358 e. The minimum absolute atomic E-state index is 0.106. The molecule has 0 atom stereocenters. The zero-order valence-electron chi connectivity index (χ0n) is 10.4. The third-order valence-electron chi connectivity index (χ3n) is 3.23. The number of hydrogen-bond donors (Lipinski definition) is 1. The fraction of sp³-hybridized carbons (Fsp3) is 0.500. The highest BCUT2D eigenvalue weighted by Gasteiger charge is 2.33. The fourth-order valence-electron chi connectivity index (χ4n) is 2.30. The van der Waals surface area contributed by atoms with Crippen LogP contribution in [0.25, 0.3) is 0 Å². The Hall–Kier alpha value is -1.33. The highest BCUT2D eigenvalue weighted by Crippen LogP contribution is 2.35. The maximum atomic E-state index is 11.1. The van der Waals surface area contributed by atoms with E-state index in [4.69, 9.17) is 11.6 Å². The van der Waals surface area contributed by atoms with E-state index >= 15 is 0 Å². The highest BCUT2D eigenvalue weighted by atomic mass is 35.5. The second-order valence-corrected chi connectivity index (χ2v) is 5.47. The number of nitro groups is 1. The third-order valence-corrected chi connectivity index (χ3v) is 3.46. The van der Waals surface area contributed by atoms with Gasteiger partial charge in [-0.1, -0.05) is 11.6 Å². The number of anilines is 1. The van der Waals surface area contributed by atoms with Crippen molar-refractivity contribution in [2.24, 2.45) is 0 Å². The van der Waals surface area contributed by atoms with Gasteiger partial charge in [0.2, 0.25) is 0 Å². The molecule has 0 aliphatic carbocycles. The number of rotatable bonds is 2. The van der Waals surface area contributed by atoms with E-state index < -0.39 is 0 Å². The second-order valence-electron chi connectivity index (χ2n) is 5.03. The van der Waals surface area contributed by atoms with E-state index in [-0.39, 0.29) is 16.1 Å². The summed E-state index contributed by atoms with van der Waals surface area (Å²) < 4.78 is 0. The Morgan fingerprint density at radius 2 is 2.22 bits per heavy atom. The second kappa shape index (κ2) is 4.74. The molecule has 0 saturated carbocycles. The predicted molar refractivity (Wildman–Crippen MR) is 72.4 cm³/mol. The van der Waals surface area contributed by atoms with E-state index in [2.05, 4.69) is 19.2 Å². The summed E-state index contributed by atoms with van der Waals surface area (Å²) in [4.78, 5) is 12.8. The molecule has 1 fully saturated rings. The monoisotopic (exact) mass is 269 g/mol. The summed E-state index contributed by atoms with van der Waals surface area (Å²) in [6, 6.07) is 4.70. The van der Waals surface area contributed by atoms with Gasteiger partial charge in [-0.15, -0.1) is 0 Å². The van der Waals surface area contributed by atoms with Gasteiger partial charge in [0.1, 0.15) is 5.69 Å². The standard InChI is InChI=1S/C12H16ClN3O2/c1-12(2)8-14-5-6-15(12)11-7-9(13)3-4-10(11)16(17)18/h3-4,7,14H,5-6,8H2,1-2H3. The van der Waals surface area contributed by atoms with Crippen LogP contribution in [0, 0.1) is 10.1 Å². The summed E-state index contributed by atoms with van der Waals surface area (Å²) in [5.41, 5.74) is 0.529. The van der Waals surface area contributed by atoms with Gasteiger partial charge in [0.05, 0.1) is 4.92 Å². The minimum atomic E-state index is -0.357. The highest BCUT2D eigenvalue weighted by molar-refractivity contribution is 6.31. The van der Waals surface area contributed by atoms with Crippen LogP contribution in [0.15, 0.2) is 18.2 Å². The van der Waals surface area contributed by atoms with Crippen LogP contribution in [0.5, 0.6) is 0 Å². The summed E-state index contributed by atoms with van der Waals surface area (Å²) >= 11 is 5.97. The molecule has 0 radical (unpaired) electrons. The van der Waals surface area contributed by atoms with Crippen molar-refractivity contribution in [1.82, 2.24) is 5.32 Å². The van der Waals surface area contributed by atoms with Crippen molar-refractivity contribution >= 4 is 23.0 Å². The lowest BCUT2D eigenvalue weighted by Gasteiger charge is -2.44. The molecule has 6 heteroatoms. The Balaban J connectivity index is 2.48. The average molecular weight is 270 g/mol. The molecule has 1 aromatic carbocycles. The van der Waals surface area contributed by atoms with Crippen molar-refractivity contribution in [2.75, 3.05) is 24.5 Å². The molecule has 98 valence electrons. The van der Waals surface area contributed by atoms with Gasteiger partial charge in [0, 0.05) is 36.3 Å². The van der Waals surface area contributed by atoms with Gasteiger partial charge in [-0.05, 0) is 26.0 Å². The van der Waals surface area contributed by atoms with Crippen molar-refractivity contribution < 1.29 is 4.92 Å². The molecule has 1 aliphatic heterocycles. The first-order valence-electron chi connectivity index (χ1n) is 5.84. The van der Waals surface area contributed by atoms with Crippen LogP contribution in [0.1, 0.15) is 13.8 Å². The first-order chi connectivity index (χ1) is 8.42. The van der Waals surface area contributed by atoms with E-state index in [0.29, 0.717) is 10.7 Å². The van der Waals surface area contributed by atoms with Gasteiger partial charge in [-0.2, -0.15) is 0 Å². The van der Waals surface area contributed by atoms with E-state index in [0.717, 1.165) is 19.6 Å². The Kier molecular flexibility index (Phi) is 3.45. The van der Waals surface area contributed by atoms with Crippen LogP contribution in [0.3, 0.4) is 0 Å². The van der Waals surface area contributed by atoms with Gasteiger partial charge in [-0.3, -0.25) is 10.1 Å². The Bertz CT molecular complexity index is 476. The molecule has 5 nitrogen and oxygen atoms in total. The Morgan fingerprint density at radius 3 is 2.83 bits per heavy atom. The summed E-state index contributed by atoms with van der Waals surface area (Å²) in [6.07, 6.45) is 0. The van der Waals surface area contributed by atoms with Crippen molar-refractivity contribution in [1.29, 1.82) is 0 Å². The topological polar surface area (TPSA) is 58.4 Å². The molecule has 0 aromatic heterocycles. The molecular formula is C12H16ClN3O2. The molecule has 0 amide bonds. The first-order valence-corrected chi connectivity index (χ1v) is 6.22. The number of halogens is 1. The van der Waals surface area contributed by atoms with Crippen molar-refractivity contribution in [3.63, 3.8) is 0 Å². The zero-order valence-corrected chi connectivity index (χ0v) is 11.2. The molecule has 1 heterocycles. The number of benzene rings is 1. The molecule has 1 N–H and O–H groups in total. The summed E-state index contributed by atoms with van der Waals surface area (Å²) in [5, 5.41) is 14.9. The molecular weight excluding hydrogens is 254 g/mol. The number of nitrogens with zero attached hydrogens (tertiary/aromatic N) is 2. The lowest BCUT2D eigenvalue weighted by molar-refractivity contribution is -0.384. The lowest BCUT2D eigenvalue weighted by Crippen LogP contribution is -2.58. The average Bonchev–Trinajstić information content (AvgIpc) is 2.27. The maximum Gasteiger partial charge on any atom is 0.292 e. The van der Waals surface area contributed by atoms with E-state index in [1.54, 1.807) is 12.1 Å². The minimum Gasteiger partial charge on any atom is -0.358 e. The zero-order chi connectivity index (χ0) is 13.3. The van der Waals surface area contributed by atoms with E-state index in [9.17, 15) is 10.1 Å². The molecule has 0 bridgehead atoms. The smallest absolute Gasteiger partial charge is 0.292 e. The van der Waals surface area contributed by atoms with Crippen LogP contribution < -0.4 is 10.2 Å². The molecule has 0 unspecified atom stereocenters. The van der Waals surface area contributed by atoms with E-state index in [1.165, 1.54) is 6.07 Å². The predicted octanol–water partition coefficient (Wildman–Crippen LogP) is 2.44. The number of piperazine rings is 1. The number of nitro benzene ring substituents is 1. The Labute approximate surface area is 111 Å². The molecule has 1 aliphatic rings. The molecule has 18 heavy (non-hydrogen) atoms. The molecule has 1 saturated heterocycles. The van der Waals surface area contributed by atoms with Gasteiger partial charge in [0.25, 0.3) is 5.69 Å². The van der Waals surface area contributed by atoms with Crippen LogP contribution in [-0.4, -0.2) is 30.1 Å². The summed E-state index contributed by atoms with van der Waals surface area (Å²) in [5.74, 6) is 0. The normalized spacial score (nSPS) is 18.7. The van der Waals surface area contributed by atoms with Gasteiger partial charge in [-0.25, -0.2) is 0 Å². The van der Waals surface area contributed by atoms with Crippen LogP contribution >= 0.6 is 11.6 Å². The van der Waals surface area contributed by atoms with Crippen molar-refractivity contribution in [2.45, 2.75) is 19.4 Å². The quantitative estimate of drug-likeness (QED) is 0.662. The first kappa shape index (κ1) is 13.1. The van der Waals surface area contributed by atoms with Crippen LogP contribution in [0.4, 0.5) is 11.4 Å². The van der Waals surface area contributed by atoms with Gasteiger partial charge < -0.3 is 10.2 Å². The number of nitrogens with one attached hydrogen (secondary N) is 1. The van der Waals surface area contributed by atoms with Gasteiger partial charge in [0.15, 0.2) is 0 Å². The molecule has 0 spiro atoms. The summed E-state index contributed by atoms with van der Waals surface area (Å²) in [6.45, 7) is 6.45. The molecule has 1 aromatic rings. The van der Waals surface area contributed by atoms with Crippen molar-refractivity contribution in [3.8, 4) is 0 Å². The maximum absolute atomic E-state index is 11.1.